The van der Waals surface area contributed by atoms with Gasteiger partial charge in [-0.15, -0.1) is 0 Å². The minimum Gasteiger partial charge on any atom is -1.00 e. The number of hydrogen-bond donors (Lipinski definition) is 10. The van der Waals surface area contributed by atoms with Crippen molar-refractivity contribution in [2.24, 2.45) is 5.73 Å². The second-order valence-corrected chi connectivity index (χ2v) is 5.44. The van der Waals surface area contributed by atoms with Gasteiger partial charge in [-0.25, -0.2) is 9.59 Å². The van der Waals surface area contributed by atoms with E-state index in [1.54, 1.807) is 0 Å². The van der Waals surface area contributed by atoms with E-state index in [0.29, 0.717) is 0 Å². The van der Waals surface area contributed by atoms with E-state index in [1.165, 1.54) is 0 Å². The Morgan fingerprint density at radius 2 is 1.35 bits per heavy atom. The molecule has 152 valence electrons. The molecule has 0 saturated carbocycles. The van der Waals surface area contributed by atoms with Gasteiger partial charge in [-0.05, 0) is 0 Å². The summed E-state index contributed by atoms with van der Waals surface area (Å²) in [7, 11) is -3.80. The molecule has 0 aliphatic rings. The third kappa shape index (κ3) is 26.9. The minimum atomic E-state index is -3.80. The molecule has 11 N–H and O–H groups in total. The van der Waals surface area contributed by atoms with Crippen molar-refractivity contribution < 1.29 is 97.2 Å². The van der Waals surface area contributed by atoms with Gasteiger partial charge in [0.25, 0.3) is 10.1 Å². The molecule has 0 aromatic rings. The van der Waals surface area contributed by atoms with E-state index < -0.39 is 53.3 Å². The number of carboxylic acid groups (broad SMARTS) is 3. The van der Waals surface area contributed by atoms with Gasteiger partial charge in [-0.2, -0.15) is 8.42 Å². The fourth-order valence-electron chi connectivity index (χ4n) is 0.817. The third-order valence-corrected chi connectivity index (χ3v) is 2.64. The topological polar surface area (TPSA) is 276 Å². The zero-order valence-electron chi connectivity index (χ0n) is 16.8. The minimum absolute atomic E-state index is 0. The summed E-state index contributed by atoms with van der Waals surface area (Å²) >= 11 is 0. The van der Waals surface area contributed by atoms with Crippen LogP contribution in [0.1, 0.15) is 4.28 Å². The molecule has 0 spiro atoms. The number of carbonyl (C=O) groups is 2. The Balaban J connectivity index is -0.0000000400. The predicted molar refractivity (Wildman–Crippen MR) is 84.0 cm³/mol. The summed E-state index contributed by atoms with van der Waals surface area (Å²) in [6, 6.07) is 0. The van der Waals surface area contributed by atoms with Crippen LogP contribution in [0.15, 0.2) is 0 Å². The number of aliphatic carboxylic acids is 1. The van der Waals surface area contributed by atoms with Crippen molar-refractivity contribution in [3.63, 3.8) is 0 Å². The maximum atomic E-state index is 10.1. The van der Waals surface area contributed by atoms with Gasteiger partial charge in [0.2, 0.25) is 0 Å². The van der Waals surface area contributed by atoms with E-state index in [4.69, 9.17) is 55.9 Å². The molecule has 0 aromatic carbocycles. The van der Waals surface area contributed by atoms with E-state index in [-0.39, 0.29) is 83.9 Å². The monoisotopic (exact) mass is 449 g/mol. The Labute approximate surface area is 204 Å². The van der Waals surface area contributed by atoms with Gasteiger partial charge in [0.15, 0.2) is 6.10 Å². The molecule has 0 aromatic heterocycles. The Bertz CT molecular complexity index is 474. The third-order valence-electron chi connectivity index (χ3n) is 1.88. The molecule has 0 aliphatic carbocycles. The van der Waals surface area contributed by atoms with Gasteiger partial charge in [-0.3, -0.25) is 4.55 Å². The molecule has 0 heterocycles. The zero-order chi connectivity index (χ0) is 20.1. The number of aliphatic hydroxyl groups is 5. The Kier molecular flexibility index (Phi) is 29.4. The fourth-order valence-corrected chi connectivity index (χ4v) is 1.12. The van der Waals surface area contributed by atoms with Crippen LogP contribution in [0.5, 0.6) is 0 Å². The van der Waals surface area contributed by atoms with E-state index >= 15 is 0 Å². The molecule has 14 nitrogen and oxygen atoms in total. The summed E-state index contributed by atoms with van der Waals surface area (Å²) < 4.78 is 27.3. The van der Waals surface area contributed by atoms with E-state index in [9.17, 15) is 13.2 Å². The number of carboxylic acids is 1. The maximum absolute atomic E-state index is 10.1. The zero-order valence-corrected chi connectivity index (χ0v) is 18.8. The van der Waals surface area contributed by atoms with E-state index in [0.717, 1.165) is 0 Å². The molecule has 0 aliphatic heterocycles. The molecule has 0 rings (SSSR count). The van der Waals surface area contributed by atoms with Crippen LogP contribution in [-0.4, -0.2) is 147 Å². The number of hydrogen-bond acceptors (Lipinski definition) is 10. The smallest absolute Gasteiger partial charge is 1.00 e. The number of rotatable bonds is 7. The van der Waals surface area contributed by atoms with Crippen LogP contribution in [0.4, 0.5) is 4.79 Å². The van der Waals surface area contributed by atoms with Gasteiger partial charge in [0.1, 0.15) is 18.3 Å². The molecule has 0 radical (unpaired) electrons. The molecule has 0 amide bonds. The molecule has 26 heavy (non-hydrogen) atoms. The average Bonchev–Trinajstić information content (AvgIpc) is 2.42. The van der Waals surface area contributed by atoms with Crippen LogP contribution in [0.3, 0.4) is 0 Å². The van der Waals surface area contributed by atoms with Gasteiger partial charge < -0.3 is 50.9 Å². The maximum Gasteiger partial charge on any atom is 2.00 e. The largest absolute Gasteiger partial charge is 2.00 e. The summed E-state index contributed by atoms with van der Waals surface area (Å²) in [6.07, 6.45) is -9.67. The molecule has 0 saturated heterocycles. The quantitative estimate of drug-likeness (QED) is 0.128. The van der Waals surface area contributed by atoms with Gasteiger partial charge in [0, 0.05) is 6.54 Å². The summed E-state index contributed by atoms with van der Waals surface area (Å²) in [5.74, 6) is -2.08. The summed E-state index contributed by atoms with van der Waals surface area (Å²) in [4.78, 5) is 18.6. The molecule has 0 bridgehead atoms. The molecule has 4 unspecified atom stereocenters. The SMILES string of the molecule is NCCS(=O)(=O)O.O=C(O)C(O)C(O)C(O)C(O)CO.O=C(O)O.[Ca+2].[H-].[H-].[H-].[Na+]. The molecular weight excluding hydrogens is 425 g/mol. The molecule has 17 heteroatoms. The van der Waals surface area contributed by atoms with Crippen molar-refractivity contribution in [2.45, 2.75) is 24.4 Å². The van der Waals surface area contributed by atoms with Crippen LogP contribution >= 0.6 is 0 Å². The van der Waals surface area contributed by atoms with E-state index in [1.807, 2.05) is 0 Å². The predicted octanol–water partition coefficient (Wildman–Crippen LogP) is -7.48. The van der Waals surface area contributed by atoms with Crippen molar-refractivity contribution in [1.82, 2.24) is 0 Å². The van der Waals surface area contributed by atoms with Crippen molar-refractivity contribution >= 4 is 60.0 Å². The first kappa shape index (κ1) is 37.4. The van der Waals surface area contributed by atoms with E-state index in [2.05, 4.69) is 0 Å². The first-order valence-corrected chi connectivity index (χ1v) is 7.45. The van der Waals surface area contributed by atoms with Crippen molar-refractivity contribution in [3.05, 3.63) is 0 Å². The van der Waals surface area contributed by atoms with Gasteiger partial charge in [-0.1, -0.05) is 0 Å². The van der Waals surface area contributed by atoms with Crippen molar-refractivity contribution in [2.75, 3.05) is 18.9 Å². The first-order valence-electron chi connectivity index (χ1n) is 5.84. The second-order valence-electron chi connectivity index (χ2n) is 3.87. The Hall–Kier alpha value is 0.670. The summed E-state index contributed by atoms with van der Waals surface area (Å²) in [5, 5.41) is 65.8. The molecular formula is C9H24CaNNaO13S. The molecule has 0 fully saturated rings. The Morgan fingerprint density at radius 3 is 1.50 bits per heavy atom. The normalized spacial score (nSPS) is 14.3. The van der Waals surface area contributed by atoms with Crippen molar-refractivity contribution in [1.29, 1.82) is 0 Å². The molecule has 4 atom stereocenters. The first-order chi connectivity index (χ1) is 10.7. The van der Waals surface area contributed by atoms with Crippen LogP contribution in [-0.2, 0) is 14.9 Å². The summed E-state index contributed by atoms with van der Waals surface area (Å²) in [6.45, 7) is -0.872. The number of aliphatic hydroxyl groups excluding tert-OH is 5. The number of nitrogens with two attached hydrogens (primary N) is 1. The van der Waals surface area contributed by atoms with Crippen LogP contribution in [0.2, 0.25) is 0 Å². The standard InChI is InChI=1S/C6H12O7.C2H7NO3S.CH2O3.Ca.Na.3H/c7-1-2(8)3(9)4(10)5(11)6(12)13;3-1-2-7(4,5)6;2-1(3)4;;;;;/h2-5,7-11H,1H2,(H,12,13);1-3H2,(H,4,5,6);(H2,2,3,4);;;;;/q;;;+2;+1;3*-1. The van der Waals surface area contributed by atoms with Crippen molar-refractivity contribution in [3.8, 4) is 0 Å². The Morgan fingerprint density at radius 1 is 1.00 bits per heavy atom. The fraction of sp³-hybridized carbons (Fsp3) is 0.778. The summed E-state index contributed by atoms with van der Waals surface area (Å²) in [5.41, 5.74) is 4.78. The van der Waals surface area contributed by atoms with Crippen LogP contribution in [0.25, 0.3) is 0 Å². The van der Waals surface area contributed by atoms with Crippen LogP contribution < -0.4 is 35.3 Å². The second kappa shape index (κ2) is 20.4. The van der Waals surface area contributed by atoms with Gasteiger partial charge in [0.05, 0.1) is 12.4 Å². The van der Waals surface area contributed by atoms with Gasteiger partial charge >= 0.3 is 79.4 Å². The van der Waals surface area contributed by atoms with Crippen LogP contribution in [0, 0.1) is 0 Å². The average molecular weight is 449 g/mol.